The van der Waals surface area contributed by atoms with Crippen molar-refractivity contribution in [3.63, 3.8) is 0 Å². The molecule has 20 heavy (non-hydrogen) atoms. The number of carbonyl (C=O) groups is 2. The molecule has 1 amide bonds. The molecule has 0 saturated carbocycles. The van der Waals surface area contributed by atoms with E-state index >= 15 is 0 Å². The molecule has 0 bridgehead atoms. The maximum Gasteiger partial charge on any atom is 0.260 e. The Bertz CT molecular complexity index is 440. The number of unbranched alkanes of at least 4 members (excludes halogenated alkanes) is 1. The van der Waals surface area contributed by atoms with Gasteiger partial charge in [0.25, 0.3) is 5.91 Å². The molecule has 0 aliphatic heterocycles. The fourth-order valence-electron chi connectivity index (χ4n) is 1.71. The van der Waals surface area contributed by atoms with Crippen LogP contribution >= 0.6 is 0 Å². The summed E-state index contributed by atoms with van der Waals surface area (Å²) in [6, 6.07) is 6.89. The molecular formula is C16H23NO3. The molecule has 4 nitrogen and oxygen atoms in total. The number of benzene rings is 1. The first-order valence-electron chi connectivity index (χ1n) is 7.16. The van der Waals surface area contributed by atoms with Crippen LogP contribution in [-0.2, 0) is 4.79 Å². The predicted octanol–water partition coefficient (Wildman–Crippen LogP) is 2.96. The summed E-state index contributed by atoms with van der Waals surface area (Å²) in [4.78, 5) is 23.3. The van der Waals surface area contributed by atoms with E-state index in [4.69, 9.17) is 4.74 Å². The largest absolute Gasteiger partial charge is 0.481 e. The number of hydrogen-bond donors (Lipinski definition) is 1. The molecule has 1 atom stereocenters. The molecule has 4 heteroatoms. The van der Waals surface area contributed by atoms with Crippen LogP contribution in [0.3, 0.4) is 0 Å². The number of ether oxygens (including phenoxy) is 1. The zero-order chi connectivity index (χ0) is 15.0. The Morgan fingerprint density at radius 3 is 2.40 bits per heavy atom. The summed E-state index contributed by atoms with van der Waals surface area (Å²) in [6.07, 6.45) is 1.95. The van der Waals surface area contributed by atoms with Crippen molar-refractivity contribution in [2.75, 3.05) is 6.54 Å². The summed E-state index contributed by atoms with van der Waals surface area (Å²) in [5.41, 5.74) is 0.667. The van der Waals surface area contributed by atoms with Crippen LogP contribution in [-0.4, -0.2) is 24.3 Å². The summed E-state index contributed by atoms with van der Waals surface area (Å²) in [6.45, 7) is 6.29. The summed E-state index contributed by atoms with van der Waals surface area (Å²) < 4.78 is 5.55. The van der Waals surface area contributed by atoms with Gasteiger partial charge < -0.3 is 10.1 Å². The van der Waals surface area contributed by atoms with Crippen molar-refractivity contribution in [1.82, 2.24) is 5.32 Å². The van der Waals surface area contributed by atoms with E-state index in [1.54, 1.807) is 31.2 Å². The van der Waals surface area contributed by atoms with Crippen molar-refractivity contribution in [3.05, 3.63) is 29.8 Å². The number of hydrogen-bond acceptors (Lipinski definition) is 3. The Kier molecular flexibility index (Phi) is 6.77. The maximum absolute atomic E-state index is 11.8. The third-order valence-electron chi connectivity index (χ3n) is 3.01. The lowest BCUT2D eigenvalue weighted by atomic mass is 10.1. The highest BCUT2D eigenvalue weighted by Crippen LogP contribution is 2.15. The van der Waals surface area contributed by atoms with Crippen molar-refractivity contribution in [2.24, 2.45) is 0 Å². The molecule has 0 aliphatic carbocycles. The normalized spacial score (nSPS) is 11.8. The second-order valence-electron chi connectivity index (χ2n) is 4.71. The van der Waals surface area contributed by atoms with E-state index in [0.717, 1.165) is 12.8 Å². The average Bonchev–Trinajstić information content (AvgIpc) is 2.47. The van der Waals surface area contributed by atoms with E-state index in [0.29, 0.717) is 24.3 Å². The van der Waals surface area contributed by atoms with Gasteiger partial charge in [-0.25, -0.2) is 0 Å². The molecule has 0 spiro atoms. The molecule has 0 heterocycles. The van der Waals surface area contributed by atoms with Gasteiger partial charge in [0.05, 0.1) is 0 Å². The lowest BCUT2D eigenvalue weighted by Crippen LogP contribution is -2.36. The van der Waals surface area contributed by atoms with Gasteiger partial charge >= 0.3 is 0 Å². The molecule has 1 aromatic rings. The molecule has 1 unspecified atom stereocenters. The van der Waals surface area contributed by atoms with E-state index in [2.05, 4.69) is 12.2 Å². The van der Waals surface area contributed by atoms with Crippen molar-refractivity contribution in [1.29, 1.82) is 0 Å². The second-order valence-corrected chi connectivity index (χ2v) is 4.71. The van der Waals surface area contributed by atoms with Crippen LogP contribution in [0.25, 0.3) is 0 Å². The number of Topliss-reactive ketones (excluding diaryl/α,β-unsaturated/α-hetero) is 1. The van der Waals surface area contributed by atoms with Gasteiger partial charge in [0.1, 0.15) is 5.75 Å². The third-order valence-corrected chi connectivity index (χ3v) is 3.01. The number of ketones is 1. The Labute approximate surface area is 120 Å². The van der Waals surface area contributed by atoms with Crippen LogP contribution in [0.4, 0.5) is 0 Å². The minimum absolute atomic E-state index is 0.0990. The molecule has 0 saturated heterocycles. The monoisotopic (exact) mass is 277 g/mol. The molecule has 110 valence electrons. The third kappa shape index (κ3) is 5.03. The zero-order valence-electron chi connectivity index (χ0n) is 12.4. The van der Waals surface area contributed by atoms with Gasteiger partial charge in [0, 0.05) is 18.5 Å². The Hall–Kier alpha value is -1.84. The molecule has 0 radical (unpaired) electrons. The van der Waals surface area contributed by atoms with Gasteiger partial charge in [-0.2, -0.15) is 0 Å². The minimum Gasteiger partial charge on any atom is -0.481 e. The average molecular weight is 277 g/mol. The molecule has 1 N–H and O–H groups in total. The molecule has 1 aromatic carbocycles. The Morgan fingerprint density at radius 2 is 1.85 bits per heavy atom. The number of nitrogens with one attached hydrogen (secondary N) is 1. The van der Waals surface area contributed by atoms with Crippen molar-refractivity contribution >= 4 is 11.7 Å². The molecule has 0 fully saturated rings. The fraction of sp³-hybridized carbons (Fsp3) is 0.500. The van der Waals surface area contributed by atoms with Gasteiger partial charge in [-0.1, -0.05) is 20.3 Å². The fourth-order valence-corrected chi connectivity index (χ4v) is 1.71. The smallest absolute Gasteiger partial charge is 0.260 e. The maximum atomic E-state index is 11.8. The summed E-state index contributed by atoms with van der Waals surface area (Å²) >= 11 is 0. The Balaban J connectivity index is 2.51. The SMILES string of the molecule is CCCCNC(=O)C(C)Oc1ccc(C(=O)CC)cc1. The summed E-state index contributed by atoms with van der Waals surface area (Å²) in [7, 11) is 0. The minimum atomic E-state index is -0.542. The van der Waals surface area contributed by atoms with E-state index in [-0.39, 0.29) is 11.7 Å². The second kappa shape index (κ2) is 8.35. The number of rotatable bonds is 8. The summed E-state index contributed by atoms with van der Waals surface area (Å²) in [5, 5.41) is 2.82. The van der Waals surface area contributed by atoms with Crippen LogP contribution < -0.4 is 10.1 Å². The lowest BCUT2D eigenvalue weighted by Gasteiger charge is -2.14. The quantitative estimate of drug-likeness (QED) is 0.587. The highest BCUT2D eigenvalue weighted by molar-refractivity contribution is 5.95. The first-order chi connectivity index (χ1) is 9.58. The first kappa shape index (κ1) is 16.2. The lowest BCUT2D eigenvalue weighted by molar-refractivity contribution is -0.127. The van der Waals surface area contributed by atoms with E-state index in [9.17, 15) is 9.59 Å². The van der Waals surface area contributed by atoms with Gasteiger partial charge in [-0.3, -0.25) is 9.59 Å². The number of amides is 1. The van der Waals surface area contributed by atoms with Gasteiger partial charge in [-0.05, 0) is 37.6 Å². The van der Waals surface area contributed by atoms with Crippen LogP contribution in [0.2, 0.25) is 0 Å². The van der Waals surface area contributed by atoms with Crippen LogP contribution in [0, 0.1) is 0 Å². The van der Waals surface area contributed by atoms with E-state index in [1.807, 2.05) is 6.92 Å². The van der Waals surface area contributed by atoms with Crippen LogP contribution in [0.15, 0.2) is 24.3 Å². The molecule has 0 aromatic heterocycles. The summed E-state index contributed by atoms with van der Waals surface area (Å²) in [5.74, 6) is 0.574. The highest BCUT2D eigenvalue weighted by atomic mass is 16.5. The highest BCUT2D eigenvalue weighted by Gasteiger charge is 2.14. The van der Waals surface area contributed by atoms with Gasteiger partial charge in [0.15, 0.2) is 11.9 Å². The first-order valence-corrected chi connectivity index (χ1v) is 7.16. The van der Waals surface area contributed by atoms with Crippen molar-refractivity contribution in [2.45, 2.75) is 46.1 Å². The molecule has 0 aliphatic rings. The zero-order valence-corrected chi connectivity index (χ0v) is 12.4. The van der Waals surface area contributed by atoms with E-state index < -0.39 is 6.10 Å². The van der Waals surface area contributed by atoms with E-state index in [1.165, 1.54) is 0 Å². The van der Waals surface area contributed by atoms with Gasteiger partial charge in [0.2, 0.25) is 0 Å². The van der Waals surface area contributed by atoms with Crippen LogP contribution in [0.1, 0.15) is 50.4 Å². The molecule has 1 rings (SSSR count). The van der Waals surface area contributed by atoms with Crippen molar-refractivity contribution < 1.29 is 14.3 Å². The topological polar surface area (TPSA) is 55.4 Å². The van der Waals surface area contributed by atoms with Crippen LogP contribution in [0.5, 0.6) is 5.75 Å². The number of carbonyl (C=O) groups excluding carboxylic acids is 2. The van der Waals surface area contributed by atoms with Gasteiger partial charge in [-0.15, -0.1) is 0 Å². The predicted molar refractivity (Wildman–Crippen MR) is 79.1 cm³/mol. The molecular weight excluding hydrogens is 254 g/mol. The van der Waals surface area contributed by atoms with Crippen molar-refractivity contribution in [3.8, 4) is 5.75 Å². The standard InChI is InChI=1S/C16H23NO3/c1-4-6-11-17-16(19)12(3)20-14-9-7-13(8-10-14)15(18)5-2/h7-10,12H,4-6,11H2,1-3H3,(H,17,19). The Morgan fingerprint density at radius 1 is 1.20 bits per heavy atom.